The Kier molecular flexibility index (Phi) is 7.12. The molecule has 0 unspecified atom stereocenters. The van der Waals surface area contributed by atoms with Crippen molar-refractivity contribution in [2.45, 2.75) is 44.3 Å². The molecule has 4 aromatic rings. The van der Waals surface area contributed by atoms with E-state index in [2.05, 4.69) is 30.5 Å². The van der Waals surface area contributed by atoms with E-state index in [1.54, 1.807) is 29.6 Å². The number of carbonyl (C=O) groups is 1. The van der Waals surface area contributed by atoms with Gasteiger partial charge >= 0.3 is 0 Å². The van der Waals surface area contributed by atoms with E-state index in [1.807, 2.05) is 31.6 Å². The van der Waals surface area contributed by atoms with Crippen LogP contribution in [0.4, 0.5) is 11.4 Å². The fourth-order valence-corrected chi connectivity index (χ4v) is 6.12. The summed E-state index contributed by atoms with van der Waals surface area (Å²) in [6.07, 6.45) is 9.58. The summed E-state index contributed by atoms with van der Waals surface area (Å²) in [5, 5.41) is 17.6. The molecule has 6 rings (SSSR count). The van der Waals surface area contributed by atoms with Crippen molar-refractivity contribution < 1.29 is 17.9 Å². The van der Waals surface area contributed by atoms with Gasteiger partial charge in [-0.1, -0.05) is 0 Å². The summed E-state index contributed by atoms with van der Waals surface area (Å²) in [5.74, 6) is 0.0815. The maximum absolute atomic E-state index is 13.8. The minimum absolute atomic E-state index is 0.0471. The Balaban J connectivity index is 1.32. The van der Waals surface area contributed by atoms with Crippen molar-refractivity contribution in [1.82, 2.24) is 29.6 Å². The monoisotopic (exact) mass is 580 g/mol. The van der Waals surface area contributed by atoms with Crippen LogP contribution in [0.5, 0.6) is 5.75 Å². The zero-order valence-electron chi connectivity index (χ0n) is 23.8. The van der Waals surface area contributed by atoms with Crippen LogP contribution >= 0.6 is 0 Å². The fraction of sp³-hybridized carbons (Fsp3) is 0.464. The van der Waals surface area contributed by atoms with Crippen molar-refractivity contribution in [3.8, 4) is 5.75 Å². The van der Waals surface area contributed by atoms with E-state index in [4.69, 9.17) is 4.74 Å². The van der Waals surface area contributed by atoms with Gasteiger partial charge in [0.05, 0.1) is 24.6 Å². The third kappa shape index (κ3) is 5.88. The van der Waals surface area contributed by atoms with E-state index in [-0.39, 0.29) is 12.5 Å². The number of anilines is 2. The van der Waals surface area contributed by atoms with Crippen molar-refractivity contribution in [1.29, 1.82) is 0 Å². The predicted octanol–water partition coefficient (Wildman–Crippen LogP) is 2.49. The summed E-state index contributed by atoms with van der Waals surface area (Å²) in [4.78, 5) is 16.2. The van der Waals surface area contributed by atoms with Gasteiger partial charge in [0.25, 0.3) is 5.91 Å². The Hall–Kier alpha value is -3.68. The highest BCUT2D eigenvalue weighted by molar-refractivity contribution is 7.88. The van der Waals surface area contributed by atoms with E-state index >= 15 is 0 Å². The second-order valence-electron chi connectivity index (χ2n) is 11.2. The van der Waals surface area contributed by atoms with Crippen LogP contribution in [0.1, 0.15) is 41.6 Å². The lowest BCUT2D eigenvalue weighted by Gasteiger charge is -2.34. The average molecular weight is 581 g/mol. The maximum Gasteiger partial charge on any atom is 0.261 e. The SMILES string of the molecule is COc1cc(N2CCC(NC3CC3)CC2)c2cn(C)nc2c1C(=O)Nc1cc(CNS(C)(=O)=O)c2nn(C)cc2c1. The van der Waals surface area contributed by atoms with Gasteiger partial charge in [-0.25, -0.2) is 13.1 Å². The van der Waals surface area contributed by atoms with E-state index in [9.17, 15) is 13.2 Å². The Morgan fingerprint density at radius 3 is 2.37 bits per heavy atom. The second kappa shape index (κ2) is 10.6. The molecule has 0 atom stereocenters. The van der Waals surface area contributed by atoms with Gasteiger partial charge < -0.3 is 20.3 Å². The molecule has 0 spiro atoms. The minimum Gasteiger partial charge on any atom is -0.496 e. The predicted molar refractivity (Wildman–Crippen MR) is 159 cm³/mol. The molecule has 3 N–H and O–H groups in total. The summed E-state index contributed by atoms with van der Waals surface area (Å²) in [7, 11) is 1.79. The zero-order chi connectivity index (χ0) is 28.9. The Morgan fingerprint density at radius 2 is 1.68 bits per heavy atom. The molecule has 12 nitrogen and oxygen atoms in total. The third-order valence-corrected chi connectivity index (χ3v) is 8.44. The zero-order valence-corrected chi connectivity index (χ0v) is 24.6. The molecular formula is C28H36N8O4S. The van der Waals surface area contributed by atoms with Crippen LogP contribution in [0.15, 0.2) is 30.6 Å². The molecule has 218 valence electrons. The number of carbonyl (C=O) groups excluding carboxylic acids is 1. The molecule has 3 heterocycles. The first-order valence-electron chi connectivity index (χ1n) is 13.9. The van der Waals surface area contributed by atoms with Crippen LogP contribution in [0, 0.1) is 0 Å². The highest BCUT2D eigenvalue weighted by Gasteiger charge is 2.29. The van der Waals surface area contributed by atoms with Gasteiger partial charge in [-0.05, 0) is 43.4 Å². The summed E-state index contributed by atoms with van der Waals surface area (Å²) < 4.78 is 35.2. The Labute approximate surface area is 239 Å². The van der Waals surface area contributed by atoms with Crippen molar-refractivity contribution in [3.63, 3.8) is 0 Å². The van der Waals surface area contributed by atoms with Crippen LogP contribution in [0.3, 0.4) is 0 Å². The Bertz CT molecular complexity index is 1730. The molecule has 1 saturated carbocycles. The quantitative estimate of drug-likeness (QED) is 0.275. The number of hydrogen-bond acceptors (Lipinski definition) is 8. The largest absolute Gasteiger partial charge is 0.496 e. The number of aryl methyl sites for hydroxylation is 2. The molecule has 13 heteroatoms. The molecule has 1 aliphatic carbocycles. The van der Waals surface area contributed by atoms with Crippen molar-refractivity contribution >= 4 is 49.1 Å². The molecule has 1 saturated heterocycles. The minimum atomic E-state index is -3.42. The lowest BCUT2D eigenvalue weighted by molar-refractivity contribution is 0.102. The summed E-state index contributed by atoms with van der Waals surface area (Å²) in [5.41, 5.74) is 3.75. The first kappa shape index (κ1) is 27.5. The molecule has 1 aliphatic heterocycles. The van der Waals surface area contributed by atoms with Gasteiger partial charge in [0.2, 0.25) is 10.0 Å². The first-order valence-corrected chi connectivity index (χ1v) is 15.7. The van der Waals surface area contributed by atoms with Crippen LogP contribution in [-0.4, -0.2) is 72.4 Å². The van der Waals surface area contributed by atoms with Crippen LogP contribution < -0.4 is 25.0 Å². The number of rotatable bonds is 9. The lowest BCUT2D eigenvalue weighted by Crippen LogP contribution is -2.43. The van der Waals surface area contributed by atoms with Gasteiger partial charge in [-0.2, -0.15) is 10.2 Å². The number of aromatic nitrogens is 4. The van der Waals surface area contributed by atoms with Gasteiger partial charge in [-0.3, -0.25) is 14.2 Å². The standard InChI is InChI=1S/C28H36N8O4S/c1-34-15-18-12-21(11-17(26(18)32-34)14-29-41(4,38)39)31-28(37)25-24(40-3)13-23(22-16-35(2)33-27(22)25)36-9-7-20(8-10-36)30-19-5-6-19/h11-13,15-16,19-20,29-30H,5-10,14H2,1-4H3,(H,31,37). The van der Waals surface area contributed by atoms with Gasteiger partial charge in [0.15, 0.2) is 0 Å². The van der Waals surface area contributed by atoms with Crippen molar-refractivity contribution in [2.75, 3.05) is 36.7 Å². The number of hydrogen-bond donors (Lipinski definition) is 3. The molecule has 0 radical (unpaired) electrons. The van der Waals surface area contributed by atoms with Crippen LogP contribution in [0.2, 0.25) is 0 Å². The number of benzene rings is 2. The van der Waals surface area contributed by atoms with E-state index in [0.29, 0.717) is 45.7 Å². The average Bonchev–Trinajstić information content (AvgIpc) is 3.52. The molecule has 2 aromatic carbocycles. The molecule has 2 fully saturated rings. The highest BCUT2D eigenvalue weighted by Crippen LogP contribution is 2.38. The number of piperidine rings is 1. The number of fused-ring (bicyclic) bond motifs is 2. The van der Waals surface area contributed by atoms with Crippen LogP contribution in [-0.2, 0) is 30.7 Å². The molecule has 0 bridgehead atoms. The van der Waals surface area contributed by atoms with Gasteiger partial charge in [0, 0.05) is 80.7 Å². The number of methoxy groups -OCH3 is 1. The molecule has 41 heavy (non-hydrogen) atoms. The summed E-state index contributed by atoms with van der Waals surface area (Å²) in [6.45, 7) is 1.88. The van der Waals surface area contributed by atoms with E-state index in [1.165, 1.54) is 12.8 Å². The summed E-state index contributed by atoms with van der Waals surface area (Å²) in [6, 6.07) is 6.74. The van der Waals surface area contributed by atoms with E-state index in [0.717, 1.165) is 48.6 Å². The van der Waals surface area contributed by atoms with Crippen molar-refractivity contribution in [3.05, 3.63) is 41.7 Å². The van der Waals surface area contributed by atoms with E-state index < -0.39 is 10.0 Å². The molecule has 2 aromatic heterocycles. The lowest BCUT2D eigenvalue weighted by atomic mass is 10.0. The normalized spacial score (nSPS) is 16.5. The number of sulfonamides is 1. The van der Waals surface area contributed by atoms with Crippen molar-refractivity contribution in [2.24, 2.45) is 14.1 Å². The second-order valence-corrected chi connectivity index (χ2v) is 13.0. The molecule has 2 aliphatic rings. The topological polar surface area (TPSA) is 135 Å². The first-order chi connectivity index (χ1) is 19.6. The fourth-order valence-electron chi connectivity index (χ4n) is 5.70. The number of nitrogens with zero attached hydrogens (tertiary/aromatic N) is 5. The smallest absolute Gasteiger partial charge is 0.261 e. The molecule has 1 amide bonds. The number of ether oxygens (including phenoxy) is 1. The third-order valence-electron chi connectivity index (χ3n) is 7.77. The summed E-state index contributed by atoms with van der Waals surface area (Å²) >= 11 is 0. The van der Waals surface area contributed by atoms with Gasteiger partial charge in [0.1, 0.15) is 16.8 Å². The highest BCUT2D eigenvalue weighted by atomic mass is 32.2. The van der Waals surface area contributed by atoms with Gasteiger partial charge in [-0.15, -0.1) is 0 Å². The molecular weight excluding hydrogens is 544 g/mol. The number of amides is 1. The van der Waals surface area contributed by atoms with Crippen LogP contribution in [0.25, 0.3) is 21.8 Å². The maximum atomic E-state index is 13.8. The Morgan fingerprint density at radius 1 is 1.00 bits per heavy atom. The number of nitrogens with one attached hydrogen (secondary N) is 3.